The van der Waals surface area contributed by atoms with Gasteiger partial charge in [-0.2, -0.15) is 0 Å². The van der Waals surface area contributed by atoms with Crippen molar-refractivity contribution in [3.05, 3.63) is 76.1 Å². The van der Waals surface area contributed by atoms with Gasteiger partial charge >= 0.3 is 0 Å². The van der Waals surface area contributed by atoms with Gasteiger partial charge in [-0.1, -0.05) is 30.3 Å². The van der Waals surface area contributed by atoms with Crippen LogP contribution in [-0.4, -0.2) is 6.61 Å². The van der Waals surface area contributed by atoms with Crippen LogP contribution in [0.2, 0.25) is 0 Å². The minimum absolute atomic E-state index is 0.0240. The van der Waals surface area contributed by atoms with E-state index < -0.39 is 0 Å². The summed E-state index contributed by atoms with van der Waals surface area (Å²) in [5, 5.41) is 0.594. The van der Waals surface area contributed by atoms with Crippen molar-refractivity contribution >= 4 is 23.1 Å². The predicted octanol–water partition coefficient (Wildman–Crippen LogP) is 4.36. The van der Waals surface area contributed by atoms with E-state index in [2.05, 4.69) is 0 Å². The number of fused-ring (bicyclic) bond motifs is 1. The number of benzene rings is 2. The second-order valence-electron chi connectivity index (χ2n) is 4.85. The molecule has 0 saturated carbocycles. The highest BCUT2D eigenvalue weighted by molar-refractivity contribution is 5.80. The summed E-state index contributed by atoms with van der Waals surface area (Å²) in [7, 11) is 0. The summed E-state index contributed by atoms with van der Waals surface area (Å²) in [4.78, 5) is 12.4. The Kier molecular flexibility index (Phi) is 4.05. The van der Waals surface area contributed by atoms with E-state index in [1.807, 2.05) is 49.4 Å². The number of hydrogen-bond acceptors (Lipinski definition) is 3. The maximum absolute atomic E-state index is 12.4. The summed E-state index contributed by atoms with van der Waals surface area (Å²) in [6.45, 7) is 2.60. The van der Waals surface area contributed by atoms with Gasteiger partial charge in [0.1, 0.15) is 17.6 Å². The van der Waals surface area contributed by atoms with E-state index >= 15 is 0 Å². The molecule has 0 atom stereocenters. The fourth-order valence-electron chi connectivity index (χ4n) is 2.24. The van der Waals surface area contributed by atoms with Crippen molar-refractivity contribution in [3.63, 3.8) is 0 Å². The minimum atomic E-state index is -0.0240. The molecular formula is C19H16O3. The van der Waals surface area contributed by atoms with E-state index in [1.54, 1.807) is 18.2 Å². The average Bonchev–Trinajstić information content (AvgIpc) is 2.56. The van der Waals surface area contributed by atoms with Crippen LogP contribution in [0.1, 0.15) is 18.1 Å². The van der Waals surface area contributed by atoms with Crippen molar-refractivity contribution in [2.24, 2.45) is 0 Å². The highest BCUT2D eigenvalue weighted by Crippen LogP contribution is 2.15. The molecule has 22 heavy (non-hydrogen) atoms. The van der Waals surface area contributed by atoms with Crippen molar-refractivity contribution in [2.45, 2.75) is 6.92 Å². The van der Waals surface area contributed by atoms with E-state index in [0.29, 0.717) is 23.1 Å². The van der Waals surface area contributed by atoms with Gasteiger partial charge in [0.2, 0.25) is 0 Å². The number of rotatable bonds is 4. The Labute approximate surface area is 128 Å². The molecule has 0 N–H and O–H groups in total. The van der Waals surface area contributed by atoms with Crippen molar-refractivity contribution in [2.75, 3.05) is 6.61 Å². The Morgan fingerprint density at radius 2 is 1.82 bits per heavy atom. The van der Waals surface area contributed by atoms with Gasteiger partial charge in [-0.15, -0.1) is 0 Å². The molecule has 0 radical (unpaired) electrons. The molecule has 0 fully saturated rings. The standard InChI is InChI=1S/C19H16O3/c1-2-21-16-11-8-14(9-12-16)7-10-15-13-22-18-6-4-3-5-17(18)19(15)20/h3-13H,2H2,1H3/b10-7-. The summed E-state index contributed by atoms with van der Waals surface area (Å²) in [6, 6.07) is 15.0. The first-order valence-electron chi connectivity index (χ1n) is 7.19. The summed E-state index contributed by atoms with van der Waals surface area (Å²) < 4.78 is 10.9. The monoisotopic (exact) mass is 292 g/mol. The van der Waals surface area contributed by atoms with Gasteiger partial charge in [0.25, 0.3) is 0 Å². The SMILES string of the molecule is CCOc1ccc(/C=C\c2coc3ccccc3c2=O)cc1. The molecule has 110 valence electrons. The van der Waals surface area contributed by atoms with E-state index in [1.165, 1.54) is 6.26 Å². The van der Waals surface area contributed by atoms with Crippen LogP contribution in [0.15, 0.2) is 64.0 Å². The zero-order valence-electron chi connectivity index (χ0n) is 12.3. The van der Waals surface area contributed by atoms with Gasteiger partial charge in [-0.25, -0.2) is 0 Å². The minimum Gasteiger partial charge on any atom is -0.494 e. The average molecular weight is 292 g/mol. The normalized spacial score (nSPS) is 11.1. The van der Waals surface area contributed by atoms with Crippen LogP contribution in [0.3, 0.4) is 0 Å². The molecule has 3 heteroatoms. The molecule has 0 amide bonds. The number of hydrogen-bond donors (Lipinski definition) is 0. The first kappa shape index (κ1) is 14.1. The molecule has 0 saturated heterocycles. The van der Waals surface area contributed by atoms with E-state index in [-0.39, 0.29) is 5.43 Å². The van der Waals surface area contributed by atoms with Crippen molar-refractivity contribution in [3.8, 4) is 5.75 Å². The number of para-hydroxylation sites is 1. The van der Waals surface area contributed by atoms with Crippen LogP contribution < -0.4 is 10.2 Å². The molecular weight excluding hydrogens is 276 g/mol. The molecule has 1 aromatic heterocycles. The molecule has 0 spiro atoms. The van der Waals surface area contributed by atoms with Gasteiger partial charge < -0.3 is 9.15 Å². The van der Waals surface area contributed by atoms with Crippen LogP contribution >= 0.6 is 0 Å². The Morgan fingerprint density at radius 3 is 2.59 bits per heavy atom. The topological polar surface area (TPSA) is 39.4 Å². The molecule has 0 aliphatic heterocycles. The van der Waals surface area contributed by atoms with Gasteiger partial charge in [-0.3, -0.25) is 4.79 Å². The van der Waals surface area contributed by atoms with Gasteiger partial charge in [0.05, 0.1) is 17.6 Å². The molecule has 0 aliphatic carbocycles. The third-order valence-electron chi connectivity index (χ3n) is 3.35. The summed E-state index contributed by atoms with van der Waals surface area (Å²) in [6.07, 6.45) is 5.15. The fraction of sp³-hybridized carbons (Fsp3) is 0.105. The van der Waals surface area contributed by atoms with Gasteiger partial charge in [0.15, 0.2) is 5.43 Å². The van der Waals surface area contributed by atoms with Crippen molar-refractivity contribution in [1.82, 2.24) is 0 Å². The molecule has 1 heterocycles. The molecule has 0 bridgehead atoms. The lowest BCUT2D eigenvalue weighted by atomic mass is 10.1. The Hall–Kier alpha value is -2.81. The summed E-state index contributed by atoms with van der Waals surface area (Å²) in [5.74, 6) is 0.838. The smallest absolute Gasteiger partial charge is 0.199 e. The highest BCUT2D eigenvalue weighted by Gasteiger charge is 2.03. The van der Waals surface area contributed by atoms with Crippen LogP contribution in [0, 0.1) is 0 Å². The molecule has 2 aromatic carbocycles. The zero-order valence-corrected chi connectivity index (χ0v) is 12.3. The summed E-state index contributed by atoms with van der Waals surface area (Å²) >= 11 is 0. The van der Waals surface area contributed by atoms with E-state index in [4.69, 9.17) is 9.15 Å². The lowest BCUT2D eigenvalue weighted by molar-refractivity contribution is 0.340. The van der Waals surface area contributed by atoms with Crippen molar-refractivity contribution in [1.29, 1.82) is 0 Å². The first-order valence-corrected chi connectivity index (χ1v) is 7.19. The molecule has 3 nitrogen and oxygen atoms in total. The second-order valence-corrected chi connectivity index (χ2v) is 4.85. The lowest BCUT2D eigenvalue weighted by Gasteiger charge is -2.02. The van der Waals surface area contributed by atoms with Gasteiger partial charge in [-0.05, 0) is 42.8 Å². The lowest BCUT2D eigenvalue weighted by Crippen LogP contribution is -2.04. The zero-order chi connectivity index (χ0) is 15.4. The predicted molar refractivity (Wildman–Crippen MR) is 89.0 cm³/mol. The fourth-order valence-corrected chi connectivity index (χ4v) is 2.24. The molecule has 0 unspecified atom stereocenters. The van der Waals surface area contributed by atoms with Gasteiger partial charge in [0, 0.05) is 0 Å². The second kappa shape index (κ2) is 6.31. The van der Waals surface area contributed by atoms with Crippen LogP contribution in [0.5, 0.6) is 5.75 Å². The van der Waals surface area contributed by atoms with Crippen LogP contribution in [0.4, 0.5) is 0 Å². The molecule has 0 aliphatic rings. The Bertz CT molecular complexity index is 858. The number of ether oxygens (including phenoxy) is 1. The third-order valence-corrected chi connectivity index (χ3v) is 3.35. The summed E-state index contributed by atoms with van der Waals surface area (Å²) in [5.41, 5.74) is 2.11. The van der Waals surface area contributed by atoms with E-state index in [9.17, 15) is 4.79 Å². The van der Waals surface area contributed by atoms with E-state index in [0.717, 1.165) is 11.3 Å². The Morgan fingerprint density at radius 1 is 1.05 bits per heavy atom. The Balaban J connectivity index is 1.89. The molecule has 3 rings (SSSR count). The van der Waals surface area contributed by atoms with Crippen molar-refractivity contribution < 1.29 is 9.15 Å². The highest BCUT2D eigenvalue weighted by atomic mass is 16.5. The van der Waals surface area contributed by atoms with Crippen LogP contribution in [0.25, 0.3) is 23.1 Å². The quantitative estimate of drug-likeness (QED) is 0.717. The maximum Gasteiger partial charge on any atom is 0.199 e. The third kappa shape index (κ3) is 2.93. The first-order chi connectivity index (χ1) is 10.8. The van der Waals surface area contributed by atoms with Crippen LogP contribution in [-0.2, 0) is 0 Å². The maximum atomic E-state index is 12.4. The largest absolute Gasteiger partial charge is 0.494 e. The molecule has 3 aromatic rings.